The van der Waals surface area contributed by atoms with Crippen molar-refractivity contribution in [2.45, 2.75) is 32.4 Å². The van der Waals surface area contributed by atoms with Gasteiger partial charge in [-0.3, -0.25) is 23.5 Å². The number of amides is 1. The monoisotopic (exact) mass is 581 g/mol. The van der Waals surface area contributed by atoms with Crippen LogP contribution in [0.5, 0.6) is 0 Å². The number of fused-ring (bicyclic) bond motifs is 2. The number of Topliss-reactive ketones (excluding diaryl/α,β-unsaturated/α-hetero) is 1. The van der Waals surface area contributed by atoms with Gasteiger partial charge in [0.05, 0.1) is 42.3 Å². The van der Waals surface area contributed by atoms with E-state index in [0.29, 0.717) is 11.5 Å². The van der Waals surface area contributed by atoms with Crippen LogP contribution in [0, 0.1) is 11.8 Å². The lowest BCUT2D eigenvalue weighted by atomic mass is 10.2. The molecule has 0 radical (unpaired) electrons. The first-order valence-corrected chi connectivity index (χ1v) is 13.1. The van der Waals surface area contributed by atoms with E-state index in [1.54, 1.807) is 23.1 Å². The molecule has 3 N–H and O–H groups in total. The number of likely N-dealkylation sites (tertiary alicyclic amines) is 1. The Morgan fingerprint density at radius 2 is 1.98 bits per heavy atom. The standard InChI is InChI=1S/C27H29F2N9O4/c1-5-21(36-11-16-17(12-36)27(16,28)29)31-9-18(30)19-7-6-8-20(33-19)34-24(40)15(3)38-13-32-23-22(38)25(41)37(10-14(2)39)26(42)35(23)4/h5-9,13,15-17H,1,10-12,30H2,2-4H3,(H,33,34,40)/b18-9-,31-21?/t15-,16?,17?/m0/s1. The third-order valence-electron chi connectivity index (χ3n) is 7.57. The van der Waals surface area contributed by atoms with Crippen LogP contribution in [-0.2, 0) is 23.2 Å². The third kappa shape index (κ3) is 4.90. The molecule has 0 spiro atoms. The number of ketones is 1. The van der Waals surface area contributed by atoms with Crippen molar-refractivity contribution >= 4 is 40.2 Å². The number of nitrogens with two attached hydrogens (primary N) is 1. The Hall–Kier alpha value is -4.95. The van der Waals surface area contributed by atoms with Crippen molar-refractivity contribution in [1.82, 2.24) is 28.6 Å². The summed E-state index contributed by atoms with van der Waals surface area (Å²) in [5.41, 5.74) is 5.27. The van der Waals surface area contributed by atoms with Crippen molar-refractivity contribution in [3.63, 3.8) is 0 Å². The highest BCUT2D eigenvalue weighted by Crippen LogP contribution is 2.59. The molecule has 2 fully saturated rings. The van der Waals surface area contributed by atoms with Gasteiger partial charge in [0.15, 0.2) is 11.2 Å². The van der Waals surface area contributed by atoms with Crippen LogP contribution >= 0.6 is 0 Å². The summed E-state index contributed by atoms with van der Waals surface area (Å²) in [5.74, 6) is -4.27. The predicted octanol–water partition coefficient (Wildman–Crippen LogP) is 1.12. The Labute approximate surface area is 237 Å². The number of rotatable bonds is 8. The second-order valence-corrected chi connectivity index (χ2v) is 10.4. The van der Waals surface area contributed by atoms with Crippen molar-refractivity contribution < 1.29 is 18.4 Å². The van der Waals surface area contributed by atoms with Gasteiger partial charge in [-0.25, -0.2) is 28.5 Å². The highest BCUT2D eigenvalue weighted by Gasteiger charge is 2.71. The molecule has 15 heteroatoms. The summed E-state index contributed by atoms with van der Waals surface area (Å²) in [7, 11) is 1.42. The molecule has 0 bridgehead atoms. The van der Waals surface area contributed by atoms with E-state index in [0.717, 1.165) is 9.13 Å². The number of anilines is 1. The molecule has 5 rings (SSSR count). The number of amidine groups is 1. The molecule has 1 saturated heterocycles. The minimum atomic E-state index is -2.61. The fourth-order valence-electron chi connectivity index (χ4n) is 5.13. The van der Waals surface area contributed by atoms with Gasteiger partial charge in [-0.2, -0.15) is 0 Å². The summed E-state index contributed by atoms with van der Waals surface area (Å²) in [6.07, 6.45) is 4.10. The number of carbonyl (C=O) groups excluding carboxylic acids is 2. The van der Waals surface area contributed by atoms with E-state index >= 15 is 0 Å². The number of aromatic nitrogens is 5. The van der Waals surface area contributed by atoms with Gasteiger partial charge in [0, 0.05) is 20.1 Å². The fraction of sp³-hybridized carbons (Fsp3) is 0.370. The summed E-state index contributed by atoms with van der Waals surface area (Å²) in [4.78, 5) is 65.0. The second kappa shape index (κ2) is 10.5. The van der Waals surface area contributed by atoms with Crippen molar-refractivity contribution in [3.8, 4) is 0 Å². The average molecular weight is 582 g/mol. The number of hydrogen-bond donors (Lipinski definition) is 2. The molecule has 2 aliphatic rings. The Kier molecular flexibility index (Phi) is 7.12. The molecule has 4 heterocycles. The lowest BCUT2D eigenvalue weighted by Gasteiger charge is -2.21. The molecule has 3 atom stereocenters. The lowest BCUT2D eigenvalue weighted by molar-refractivity contribution is -0.119. The number of nitrogens with zero attached hydrogens (tertiary/aromatic N) is 7. The molecule has 1 aliphatic heterocycles. The topological polar surface area (TPSA) is 162 Å². The van der Waals surface area contributed by atoms with Gasteiger partial charge in [-0.05, 0) is 32.1 Å². The molecule has 1 saturated carbocycles. The molecule has 42 heavy (non-hydrogen) atoms. The van der Waals surface area contributed by atoms with Crippen molar-refractivity contribution in [1.29, 1.82) is 0 Å². The maximum Gasteiger partial charge on any atom is 0.332 e. The Morgan fingerprint density at radius 3 is 2.62 bits per heavy atom. The fourth-order valence-corrected chi connectivity index (χ4v) is 5.13. The van der Waals surface area contributed by atoms with Crippen LogP contribution in [0.15, 0.2) is 58.0 Å². The van der Waals surface area contributed by atoms with Crippen molar-refractivity contribution in [3.05, 3.63) is 69.9 Å². The zero-order valence-corrected chi connectivity index (χ0v) is 23.1. The highest BCUT2D eigenvalue weighted by atomic mass is 19.3. The van der Waals surface area contributed by atoms with Crippen LogP contribution < -0.4 is 22.3 Å². The Bertz CT molecular complexity index is 1790. The molecule has 3 aromatic rings. The number of nitrogens with one attached hydrogen (secondary N) is 1. The minimum Gasteiger partial charge on any atom is -0.396 e. The molecule has 2 unspecified atom stereocenters. The molecule has 0 aromatic carbocycles. The minimum absolute atomic E-state index is 0.00945. The molecular weight excluding hydrogens is 552 g/mol. The maximum atomic E-state index is 13.5. The van der Waals surface area contributed by atoms with Crippen LogP contribution in [0.25, 0.3) is 16.9 Å². The van der Waals surface area contributed by atoms with Crippen LogP contribution in [0.1, 0.15) is 25.6 Å². The zero-order valence-electron chi connectivity index (χ0n) is 23.1. The highest BCUT2D eigenvalue weighted by molar-refractivity contribution is 5.94. The first kappa shape index (κ1) is 28.6. The smallest absolute Gasteiger partial charge is 0.332 e. The van der Waals surface area contributed by atoms with Crippen LogP contribution in [0.4, 0.5) is 14.6 Å². The van der Waals surface area contributed by atoms with E-state index < -0.39 is 47.5 Å². The summed E-state index contributed by atoms with van der Waals surface area (Å²) < 4.78 is 30.4. The number of aryl methyl sites for hydroxylation is 1. The number of imidazole rings is 1. The van der Waals surface area contributed by atoms with Gasteiger partial charge < -0.3 is 20.5 Å². The lowest BCUT2D eigenvalue weighted by Crippen LogP contribution is -2.41. The second-order valence-electron chi connectivity index (χ2n) is 10.4. The van der Waals surface area contributed by atoms with Gasteiger partial charge >= 0.3 is 5.69 Å². The van der Waals surface area contributed by atoms with Crippen LogP contribution in [0.3, 0.4) is 0 Å². The molecule has 13 nitrogen and oxygen atoms in total. The number of piperidine rings is 1. The molecule has 3 aromatic heterocycles. The molecule has 1 aliphatic carbocycles. The number of hydrogen-bond acceptors (Lipinski definition) is 8. The van der Waals surface area contributed by atoms with Crippen molar-refractivity contribution in [2.75, 3.05) is 18.4 Å². The molecule has 220 valence electrons. The van der Waals surface area contributed by atoms with Gasteiger partial charge in [0.25, 0.3) is 11.5 Å². The third-order valence-corrected chi connectivity index (χ3v) is 7.57. The maximum absolute atomic E-state index is 13.5. The van der Waals surface area contributed by atoms with E-state index in [1.165, 1.54) is 44.1 Å². The average Bonchev–Trinajstić information content (AvgIpc) is 3.38. The number of halogens is 2. The largest absolute Gasteiger partial charge is 0.396 e. The predicted molar refractivity (Wildman–Crippen MR) is 151 cm³/mol. The van der Waals surface area contributed by atoms with E-state index in [1.807, 2.05) is 0 Å². The van der Waals surface area contributed by atoms with Crippen molar-refractivity contribution in [2.24, 2.45) is 29.6 Å². The summed E-state index contributed by atoms with van der Waals surface area (Å²) >= 11 is 0. The number of alkyl halides is 2. The number of pyridine rings is 1. The first-order chi connectivity index (χ1) is 19.8. The molecule has 1 amide bonds. The number of aliphatic imine (C=N–C) groups is 1. The Balaban J connectivity index is 1.34. The summed E-state index contributed by atoms with van der Waals surface area (Å²) in [6.45, 7) is 6.50. The van der Waals surface area contributed by atoms with Crippen LogP contribution in [-0.4, -0.2) is 65.1 Å². The normalized spacial score (nSPS) is 20.4. The Morgan fingerprint density at radius 1 is 1.29 bits per heavy atom. The van der Waals surface area contributed by atoms with E-state index in [4.69, 9.17) is 5.73 Å². The van der Waals surface area contributed by atoms with Gasteiger partial charge in [0.1, 0.15) is 23.5 Å². The zero-order chi connectivity index (χ0) is 30.5. The van der Waals surface area contributed by atoms with Gasteiger partial charge in [0.2, 0.25) is 5.91 Å². The molecular formula is C27H29F2N9O4. The van der Waals surface area contributed by atoms with E-state index in [2.05, 4.69) is 26.9 Å². The summed E-state index contributed by atoms with van der Waals surface area (Å²) in [5, 5.41) is 2.68. The van der Waals surface area contributed by atoms with E-state index in [-0.39, 0.29) is 41.6 Å². The number of carbonyl (C=O) groups is 2. The summed E-state index contributed by atoms with van der Waals surface area (Å²) in [6, 6.07) is 3.83. The first-order valence-electron chi connectivity index (χ1n) is 13.1. The van der Waals surface area contributed by atoms with Crippen LogP contribution in [0.2, 0.25) is 0 Å². The van der Waals surface area contributed by atoms with Gasteiger partial charge in [-0.1, -0.05) is 12.6 Å². The van der Waals surface area contributed by atoms with Gasteiger partial charge in [-0.15, -0.1) is 0 Å². The van der Waals surface area contributed by atoms with E-state index in [9.17, 15) is 28.0 Å². The SMILES string of the molecule is C=CC(=N/C=C(\N)c1cccc(NC(=O)[C@H](C)n2cnc3c2c(=O)n(CC(C)=O)c(=O)n3C)n1)N1CC2C(C1)C2(F)F. The quantitative estimate of drug-likeness (QED) is 0.295.